The molecule has 0 radical (unpaired) electrons. The number of amides is 2. The second-order valence-electron chi connectivity index (χ2n) is 4.29. The quantitative estimate of drug-likeness (QED) is 0.688. The van der Waals surface area contributed by atoms with E-state index in [1.54, 1.807) is 0 Å². The molecule has 0 spiro atoms. The minimum absolute atomic E-state index is 0.112. The highest BCUT2D eigenvalue weighted by atomic mass is 16.2. The van der Waals surface area contributed by atoms with Crippen molar-refractivity contribution in [2.45, 2.75) is 38.1 Å². The monoisotopic (exact) mass is 196 g/mol. The van der Waals surface area contributed by atoms with Crippen molar-refractivity contribution in [3.63, 3.8) is 0 Å². The largest absolute Gasteiger partial charge is 0.369 e. The molecule has 1 saturated heterocycles. The van der Waals surface area contributed by atoms with E-state index in [1.165, 1.54) is 12.8 Å². The van der Waals surface area contributed by atoms with Crippen molar-refractivity contribution in [1.29, 1.82) is 0 Å². The molecule has 1 atom stereocenters. The summed E-state index contributed by atoms with van der Waals surface area (Å²) >= 11 is 0. The van der Waals surface area contributed by atoms with Gasteiger partial charge in [-0.3, -0.25) is 9.59 Å². The van der Waals surface area contributed by atoms with Gasteiger partial charge in [0.25, 0.3) is 0 Å². The van der Waals surface area contributed by atoms with E-state index < -0.39 is 0 Å². The predicted molar refractivity (Wildman–Crippen MR) is 51.3 cm³/mol. The van der Waals surface area contributed by atoms with Gasteiger partial charge < -0.3 is 10.6 Å². The maximum Gasteiger partial charge on any atom is 0.223 e. The Balaban J connectivity index is 2.00. The highest BCUT2D eigenvalue weighted by Crippen LogP contribution is 2.29. The van der Waals surface area contributed by atoms with Gasteiger partial charge in [-0.25, -0.2) is 0 Å². The van der Waals surface area contributed by atoms with Gasteiger partial charge in [0, 0.05) is 19.0 Å². The van der Waals surface area contributed by atoms with E-state index in [1.807, 2.05) is 4.90 Å². The summed E-state index contributed by atoms with van der Waals surface area (Å²) in [5, 5.41) is 0. The lowest BCUT2D eigenvalue weighted by Crippen LogP contribution is -2.35. The highest BCUT2D eigenvalue weighted by Gasteiger charge is 2.37. The van der Waals surface area contributed by atoms with Crippen LogP contribution in [0.2, 0.25) is 0 Å². The number of nitrogens with two attached hydrogens (primary N) is 1. The van der Waals surface area contributed by atoms with Crippen LogP contribution in [0.4, 0.5) is 0 Å². The second-order valence-corrected chi connectivity index (χ2v) is 4.29. The van der Waals surface area contributed by atoms with E-state index in [9.17, 15) is 9.59 Å². The maximum atomic E-state index is 11.6. The molecular weight excluding hydrogens is 180 g/mol. The average molecular weight is 196 g/mol. The van der Waals surface area contributed by atoms with E-state index >= 15 is 0 Å². The van der Waals surface area contributed by atoms with Crippen molar-refractivity contribution in [3.05, 3.63) is 0 Å². The molecule has 0 aromatic carbocycles. The topological polar surface area (TPSA) is 63.4 Å². The number of primary amides is 1. The smallest absolute Gasteiger partial charge is 0.223 e. The van der Waals surface area contributed by atoms with Crippen LogP contribution in [0.25, 0.3) is 0 Å². The van der Waals surface area contributed by atoms with Crippen molar-refractivity contribution in [2.24, 2.45) is 11.7 Å². The fourth-order valence-electron chi connectivity index (χ4n) is 2.49. The molecule has 14 heavy (non-hydrogen) atoms. The Hall–Kier alpha value is -1.06. The highest BCUT2D eigenvalue weighted by molar-refractivity contribution is 5.88. The molecule has 2 rings (SSSR count). The van der Waals surface area contributed by atoms with Crippen molar-refractivity contribution < 1.29 is 9.59 Å². The first-order valence-electron chi connectivity index (χ1n) is 5.27. The van der Waals surface area contributed by atoms with Crippen LogP contribution in [0.5, 0.6) is 0 Å². The minimum atomic E-state index is -0.334. The van der Waals surface area contributed by atoms with Gasteiger partial charge in [0.05, 0.1) is 5.92 Å². The van der Waals surface area contributed by atoms with E-state index in [2.05, 4.69) is 0 Å². The Morgan fingerprint density at radius 1 is 1.36 bits per heavy atom. The summed E-state index contributed by atoms with van der Waals surface area (Å²) in [7, 11) is 0. The molecule has 4 heteroatoms. The van der Waals surface area contributed by atoms with Gasteiger partial charge in [-0.15, -0.1) is 0 Å². The zero-order chi connectivity index (χ0) is 10.1. The summed E-state index contributed by atoms with van der Waals surface area (Å²) in [6.45, 7) is 0.554. The number of carbonyl (C=O) groups is 2. The fraction of sp³-hybridized carbons (Fsp3) is 0.800. The van der Waals surface area contributed by atoms with Crippen LogP contribution in [0, 0.1) is 5.92 Å². The zero-order valence-electron chi connectivity index (χ0n) is 8.24. The number of hydrogen-bond acceptors (Lipinski definition) is 2. The fourth-order valence-corrected chi connectivity index (χ4v) is 2.49. The number of likely N-dealkylation sites (tertiary alicyclic amines) is 1. The molecule has 0 aromatic rings. The summed E-state index contributed by atoms with van der Waals surface area (Å²) in [5.41, 5.74) is 5.20. The van der Waals surface area contributed by atoms with Gasteiger partial charge in [0.1, 0.15) is 0 Å². The number of hydrogen-bond donors (Lipinski definition) is 1. The summed E-state index contributed by atoms with van der Waals surface area (Å²) in [4.78, 5) is 24.4. The van der Waals surface area contributed by atoms with Crippen LogP contribution in [-0.2, 0) is 9.59 Å². The third-order valence-corrected chi connectivity index (χ3v) is 3.33. The summed E-state index contributed by atoms with van der Waals surface area (Å²) in [6.07, 6.45) is 4.92. The molecule has 2 amide bonds. The minimum Gasteiger partial charge on any atom is -0.369 e. The molecular formula is C10H16N2O2. The van der Waals surface area contributed by atoms with Crippen LogP contribution >= 0.6 is 0 Å². The lowest BCUT2D eigenvalue weighted by atomic mass is 10.1. The first-order valence-corrected chi connectivity index (χ1v) is 5.27. The molecule has 1 aliphatic carbocycles. The summed E-state index contributed by atoms with van der Waals surface area (Å²) in [5.74, 6) is -0.470. The van der Waals surface area contributed by atoms with E-state index in [0.29, 0.717) is 19.0 Å². The Morgan fingerprint density at radius 3 is 2.50 bits per heavy atom. The van der Waals surface area contributed by atoms with Gasteiger partial charge in [0.2, 0.25) is 11.8 Å². The number of nitrogens with zero attached hydrogens (tertiary/aromatic N) is 1. The lowest BCUT2D eigenvalue weighted by molar-refractivity contribution is -0.130. The standard InChI is InChI=1S/C10H16N2O2/c11-10(14)7-5-9(13)12(6-7)8-3-1-2-4-8/h7-8H,1-6H2,(H2,11,14). The third kappa shape index (κ3) is 1.61. The molecule has 1 aliphatic heterocycles. The molecule has 1 unspecified atom stereocenters. The molecule has 1 saturated carbocycles. The van der Waals surface area contributed by atoms with Crippen molar-refractivity contribution in [3.8, 4) is 0 Å². The molecule has 2 aliphatic rings. The first-order chi connectivity index (χ1) is 6.68. The molecule has 1 heterocycles. The average Bonchev–Trinajstić information content (AvgIpc) is 2.71. The Morgan fingerprint density at radius 2 is 2.00 bits per heavy atom. The van der Waals surface area contributed by atoms with Crippen molar-refractivity contribution >= 4 is 11.8 Å². The van der Waals surface area contributed by atoms with E-state index in [4.69, 9.17) is 5.73 Å². The molecule has 0 aromatic heterocycles. The van der Waals surface area contributed by atoms with E-state index in [0.717, 1.165) is 12.8 Å². The van der Waals surface area contributed by atoms with Gasteiger partial charge >= 0.3 is 0 Å². The Bertz CT molecular complexity index is 259. The number of carbonyl (C=O) groups excluding carboxylic acids is 2. The molecule has 4 nitrogen and oxygen atoms in total. The van der Waals surface area contributed by atoms with Gasteiger partial charge in [0.15, 0.2) is 0 Å². The van der Waals surface area contributed by atoms with Crippen LogP contribution in [0.15, 0.2) is 0 Å². The van der Waals surface area contributed by atoms with Gasteiger partial charge in [-0.05, 0) is 12.8 Å². The SMILES string of the molecule is NC(=O)C1CC(=O)N(C2CCCC2)C1. The predicted octanol–water partition coefficient (Wildman–Crippen LogP) is 0.263. The van der Waals surface area contributed by atoms with Crippen LogP contribution in [0.3, 0.4) is 0 Å². The second kappa shape index (κ2) is 3.59. The molecule has 2 fully saturated rings. The normalized spacial score (nSPS) is 28.7. The Kier molecular flexibility index (Phi) is 2.44. The number of rotatable bonds is 2. The first kappa shape index (κ1) is 9.49. The van der Waals surface area contributed by atoms with Crippen LogP contribution in [0.1, 0.15) is 32.1 Å². The lowest BCUT2D eigenvalue weighted by Gasteiger charge is -2.23. The zero-order valence-corrected chi connectivity index (χ0v) is 8.24. The summed E-state index contributed by atoms with van der Waals surface area (Å²) in [6, 6.07) is 0.381. The van der Waals surface area contributed by atoms with Gasteiger partial charge in [-0.1, -0.05) is 12.8 Å². The molecule has 78 valence electrons. The Labute approximate surface area is 83.4 Å². The maximum absolute atomic E-state index is 11.6. The van der Waals surface area contributed by atoms with Crippen LogP contribution < -0.4 is 5.73 Å². The van der Waals surface area contributed by atoms with Gasteiger partial charge in [-0.2, -0.15) is 0 Å². The van der Waals surface area contributed by atoms with Crippen molar-refractivity contribution in [1.82, 2.24) is 4.90 Å². The molecule has 0 bridgehead atoms. The van der Waals surface area contributed by atoms with Crippen molar-refractivity contribution in [2.75, 3.05) is 6.54 Å². The third-order valence-electron chi connectivity index (χ3n) is 3.33. The van der Waals surface area contributed by atoms with E-state index in [-0.39, 0.29) is 17.7 Å². The van der Waals surface area contributed by atoms with Crippen LogP contribution in [-0.4, -0.2) is 29.3 Å². The molecule has 2 N–H and O–H groups in total. The summed E-state index contributed by atoms with van der Waals surface area (Å²) < 4.78 is 0.